The van der Waals surface area contributed by atoms with Crippen LogP contribution in [-0.4, -0.2) is 74.2 Å². The Kier molecular flexibility index (Phi) is 12.1. The molecule has 6 atom stereocenters. The Morgan fingerprint density at radius 2 is 1.98 bits per heavy atom. The van der Waals surface area contributed by atoms with E-state index in [9.17, 15) is 28.7 Å². The van der Waals surface area contributed by atoms with Crippen molar-refractivity contribution in [1.82, 2.24) is 14.6 Å². The number of carbonyl (C=O) groups is 2. The Balaban J connectivity index is 2.19. The summed E-state index contributed by atoms with van der Waals surface area (Å²) in [7, 11) is 0. The number of aromatic amines is 1. The minimum Gasteiger partial charge on any atom is -0.462 e. The van der Waals surface area contributed by atoms with Gasteiger partial charge in [-0.15, -0.1) is 0 Å². The van der Waals surface area contributed by atoms with Crippen LogP contribution in [0.3, 0.4) is 0 Å². The first-order valence-corrected chi connectivity index (χ1v) is 16.1. The van der Waals surface area contributed by atoms with E-state index in [4.69, 9.17) is 41.9 Å². The van der Waals surface area contributed by atoms with Crippen LogP contribution in [0, 0.1) is 11.2 Å². The molecule has 228 valence electrons. The van der Waals surface area contributed by atoms with Crippen LogP contribution in [0.25, 0.3) is 0 Å². The van der Waals surface area contributed by atoms with E-state index in [0.717, 1.165) is 11.8 Å². The zero-order chi connectivity index (χ0) is 30.6. The van der Waals surface area contributed by atoms with Crippen LogP contribution in [0.4, 0.5) is 8.78 Å². The van der Waals surface area contributed by atoms with E-state index in [0.29, 0.717) is 10.8 Å². The third-order valence-corrected chi connectivity index (χ3v) is 9.53. The largest absolute Gasteiger partial charge is 0.462 e. The zero-order valence-corrected chi connectivity index (χ0v) is 25.9. The van der Waals surface area contributed by atoms with Gasteiger partial charge in [-0.3, -0.25) is 23.9 Å². The monoisotopic (exact) mass is 651 g/mol. The van der Waals surface area contributed by atoms with Gasteiger partial charge in [0.2, 0.25) is 5.82 Å². The number of aromatic nitrogens is 2. The van der Waals surface area contributed by atoms with Gasteiger partial charge in [0.25, 0.3) is 17.3 Å². The molecule has 0 bridgehead atoms. The molecule has 0 saturated carbocycles. The molecule has 0 aromatic carbocycles. The number of alkyl halides is 2. The molecule has 0 aliphatic carbocycles. The maximum Gasteiger partial charge on any atom is 0.330 e. The minimum absolute atomic E-state index is 0.0754. The molecule has 3 N–H and O–H groups in total. The number of nitrogens with one attached hydrogen (secondary N) is 2. The van der Waals surface area contributed by atoms with Crippen molar-refractivity contribution < 1.29 is 42.0 Å². The summed E-state index contributed by atoms with van der Waals surface area (Å²) in [5.74, 6) is -1.87. The molecule has 1 aliphatic heterocycles. The highest BCUT2D eigenvalue weighted by Gasteiger charge is 2.58. The topological polar surface area (TPSA) is 158 Å². The van der Waals surface area contributed by atoms with Crippen molar-refractivity contribution in [2.75, 3.05) is 19.0 Å². The number of hydrogen-bond donors (Lipinski definition) is 3. The fourth-order valence-electron chi connectivity index (χ4n) is 3.16. The van der Waals surface area contributed by atoms with Gasteiger partial charge in [0.15, 0.2) is 11.3 Å². The number of rotatable bonds is 12. The van der Waals surface area contributed by atoms with E-state index in [-0.39, 0.29) is 17.5 Å². The molecule has 2 heterocycles. The number of aliphatic hydroxyl groups is 1. The molecular formula is C22H33ClF2N3O9PS2. The van der Waals surface area contributed by atoms with Crippen molar-refractivity contribution in [1.29, 1.82) is 0 Å². The first-order valence-electron chi connectivity index (χ1n) is 12.1. The summed E-state index contributed by atoms with van der Waals surface area (Å²) < 4.78 is 51.4. The Hall–Kier alpha value is -1.23. The maximum absolute atomic E-state index is 15.3. The van der Waals surface area contributed by atoms with Gasteiger partial charge < -0.3 is 23.6 Å². The molecule has 1 aliphatic rings. The minimum atomic E-state index is -3.58. The Bertz CT molecular complexity index is 1240. The Morgan fingerprint density at radius 3 is 2.55 bits per heavy atom. The van der Waals surface area contributed by atoms with Crippen molar-refractivity contribution in [3.05, 3.63) is 32.9 Å². The van der Waals surface area contributed by atoms with E-state index in [2.05, 4.69) is 5.09 Å². The molecule has 40 heavy (non-hydrogen) atoms. The molecule has 18 heteroatoms. The van der Waals surface area contributed by atoms with Crippen LogP contribution in [0.5, 0.6) is 0 Å². The maximum atomic E-state index is 15.3. The number of ether oxygens (including phenoxy) is 2. The van der Waals surface area contributed by atoms with Gasteiger partial charge >= 0.3 is 11.7 Å². The normalized spacial score (nSPS) is 25.5. The summed E-state index contributed by atoms with van der Waals surface area (Å²) in [5, 5.41) is 10.0. The lowest BCUT2D eigenvalue weighted by molar-refractivity contribution is -0.149. The second-order valence-electron chi connectivity index (χ2n) is 10.1. The highest BCUT2D eigenvalue weighted by Crippen LogP contribution is 2.48. The lowest BCUT2D eigenvalue weighted by Crippen LogP contribution is -2.42. The predicted octanol–water partition coefficient (Wildman–Crippen LogP) is 2.33. The van der Waals surface area contributed by atoms with Gasteiger partial charge in [0.05, 0.1) is 25.5 Å². The number of nitrogens with zero attached hydrogens (tertiary/aromatic N) is 1. The van der Waals surface area contributed by atoms with E-state index in [1.165, 1.54) is 6.92 Å². The van der Waals surface area contributed by atoms with E-state index in [1.54, 1.807) is 39.6 Å². The van der Waals surface area contributed by atoms with Crippen molar-refractivity contribution >= 4 is 52.9 Å². The average Bonchev–Trinajstić information content (AvgIpc) is 3.05. The number of carbonyl (C=O) groups excluding carboxylic acids is 2. The van der Waals surface area contributed by atoms with E-state index >= 15 is 4.39 Å². The molecule has 0 spiro atoms. The number of thioether (sulfide) groups is 1. The molecule has 0 unspecified atom stereocenters. The van der Waals surface area contributed by atoms with Crippen LogP contribution in [-0.2, 0) is 39.9 Å². The first kappa shape index (κ1) is 35.0. The summed E-state index contributed by atoms with van der Waals surface area (Å²) in [5.41, 5.74) is -3.16. The van der Waals surface area contributed by atoms with Gasteiger partial charge in [-0.1, -0.05) is 44.1 Å². The lowest BCUT2D eigenvalue weighted by Gasteiger charge is -2.28. The van der Waals surface area contributed by atoms with Gasteiger partial charge in [0.1, 0.15) is 18.2 Å². The summed E-state index contributed by atoms with van der Waals surface area (Å²) in [6, 6.07) is -1.00. The number of H-pyrrole nitrogens is 1. The summed E-state index contributed by atoms with van der Waals surface area (Å²) in [4.78, 5) is 49.6. The summed E-state index contributed by atoms with van der Waals surface area (Å²) in [6.45, 7) is 5.75. The predicted molar refractivity (Wildman–Crippen MR) is 148 cm³/mol. The molecule has 1 saturated heterocycles. The fraction of sp³-hybridized carbons (Fsp3) is 0.727. The molecule has 0 amide bonds. The van der Waals surface area contributed by atoms with Gasteiger partial charge in [-0.25, -0.2) is 14.3 Å². The standard InChI is InChI=1S/C22H33ClF2N3O9PS2/c1-11(2)36-17(31)12(3)27-38(39,34-7-8-40-19(32)21(4,5)6)35-10-14-15(29)22(23,25)18(37-14)28-9-13(24)16(30)26-20(28)33/h9,11-12,14-15,18,29H,7-8,10H2,1-6H3,(H,27,39)(H,26,30,33)/t12-,14+,15+,18+,22-,38+/m0/s1. The average molecular weight is 652 g/mol. The smallest absolute Gasteiger partial charge is 0.330 e. The number of hydrogen-bond acceptors (Lipinski definition) is 11. The number of aliphatic hydroxyl groups excluding tert-OH is 1. The van der Waals surface area contributed by atoms with Gasteiger partial charge in [-0.05, 0) is 32.6 Å². The zero-order valence-electron chi connectivity index (χ0n) is 22.6. The Morgan fingerprint density at radius 1 is 1.35 bits per heavy atom. The second kappa shape index (κ2) is 13.8. The van der Waals surface area contributed by atoms with Crippen molar-refractivity contribution in [2.24, 2.45) is 5.41 Å². The second-order valence-corrected chi connectivity index (χ2v) is 15.0. The summed E-state index contributed by atoms with van der Waals surface area (Å²) >= 11 is 12.4. The van der Waals surface area contributed by atoms with Gasteiger partial charge in [-0.2, -0.15) is 4.39 Å². The first-order chi connectivity index (χ1) is 18.3. The molecule has 0 radical (unpaired) electrons. The van der Waals surface area contributed by atoms with Gasteiger partial charge in [0, 0.05) is 11.2 Å². The molecule has 1 fully saturated rings. The van der Waals surface area contributed by atoms with Crippen LogP contribution >= 0.6 is 30.0 Å². The molecule has 1 aromatic heterocycles. The van der Waals surface area contributed by atoms with Crippen molar-refractivity contribution in [2.45, 2.75) is 77.3 Å². The lowest BCUT2D eigenvalue weighted by atomic mass is 10.00. The fourth-order valence-corrected chi connectivity index (χ4v) is 6.72. The highest BCUT2D eigenvalue weighted by atomic mass is 35.5. The van der Waals surface area contributed by atoms with E-state index in [1.807, 2.05) is 0 Å². The van der Waals surface area contributed by atoms with Crippen molar-refractivity contribution in [3.8, 4) is 0 Å². The summed E-state index contributed by atoms with van der Waals surface area (Å²) in [6.07, 6.45) is -5.72. The quantitative estimate of drug-likeness (QED) is 0.131. The van der Waals surface area contributed by atoms with Crippen LogP contribution in [0.2, 0.25) is 0 Å². The highest BCUT2D eigenvalue weighted by molar-refractivity contribution is 8.13. The van der Waals surface area contributed by atoms with Crippen LogP contribution in [0.15, 0.2) is 15.8 Å². The molecule has 2 rings (SSSR count). The van der Waals surface area contributed by atoms with Crippen LogP contribution in [0.1, 0.15) is 47.8 Å². The van der Waals surface area contributed by atoms with Crippen LogP contribution < -0.4 is 16.3 Å². The van der Waals surface area contributed by atoms with E-state index < -0.39 is 77.4 Å². The Labute approximate surface area is 243 Å². The SMILES string of the molecule is CC(C)OC(=O)[C@H](C)N[P@@](=S)(OCCSC(=O)C(C)(C)C)OC[C@H]1O[C@@H](n2cc(F)c(=O)[nH]c2=O)[C@](F)(Cl)[C@@H]1O. The number of esters is 1. The third kappa shape index (κ3) is 9.13. The number of halogens is 3. The molecule has 1 aromatic rings. The third-order valence-electron chi connectivity index (χ3n) is 5.21. The molecule has 12 nitrogen and oxygen atoms in total. The van der Waals surface area contributed by atoms with Crippen molar-refractivity contribution in [3.63, 3.8) is 0 Å². The molecular weight excluding hydrogens is 619 g/mol.